The monoisotopic (exact) mass is 460 g/mol. The van der Waals surface area contributed by atoms with Gasteiger partial charge in [-0.1, -0.05) is 35.5 Å². The van der Waals surface area contributed by atoms with E-state index in [-0.39, 0.29) is 18.3 Å². The summed E-state index contributed by atoms with van der Waals surface area (Å²) in [7, 11) is 1.61. The van der Waals surface area contributed by atoms with Crippen molar-refractivity contribution >= 4 is 35.0 Å². The van der Waals surface area contributed by atoms with Crippen LogP contribution in [0.5, 0.6) is 11.5 Å². The van der Waals surface area contributed by atoms with Crippen LogP contribution >= 0.6 is 23.4 Å². The molecule has 1 amide bonds. The molecule has 0 radical (unpaired) electrons. The van der Waals surface area contributed by atoms with Crippen LogP contribution in [-0.2, 0) is 17.9 Å². The molecule has 164 valence electrons. The fourth-order valence-electron chi connectivity index (χ4n) is 2.93. The zero-order chi connectivity index (χ0) is 22.4. The summed E-state index contributed by atoms with van der Waals surface area (Å²) in [4.78, 5) is 12.4. The van der Waals surface area contributed by atoms with Crippen LogP contribution < -0.4 is 14.8 Å². The second-order valence-corrected chi connectivity index (χ2v) is 8.26. The first-order valence-electron chi connectivity index (χ1n) is 9.79. The van der Waals surface area contributed by atoms with Crippen molar-refractivity contribution in [3.05, 3.63) is 58.4 Å². The quantitative estimate of drug-likeness (QED) is 0.458. The molecule has 0 aliphatic heterocycles. The molecule has 0 atom stereocenters. The lowest BCUT2D eigenvalue weighted by atomic mass is 10.2. The summed E-state index contributed by atoms with van der Waals surface area (Å²) in [5, 5.41) is 12.6. The molecule has 1 heterocycles. The maximum Gasteiger partial charge on any atom is 0.234 e. The molecule has 0 fully saturated rings. The maximum atomic E-state index is 12.4. The summed E-state index contributed by atoms with van der Waals surface area (Å²) in [5.74, 6) is 2.06. The van der Waals surface area contributed by atoms with Gasteiger partial charge in [0.1, 0.15) is 6.61 Å². The van der Waals surface area contributed by atoms with Gasteiger partial charge < -0.3 is 19.4 Å². The van der Waals surface area contributed by atoms with Crippen molar-refractivity contribution in [2.75, 3.05) is 18.2 Å². The standard InChI is InChI=1S/C22H25ClN4O3S/c1-5-27-20(12-30-18-9-6-14(2)10-19(18)29-4)25-26-22(27)31-13-21(28)24-17-11-16(23)8-7-15(17)3/h6-11H,5,12-13H2,1-4H3,(H,24,28). The summed E-state index contributed by atoms with van der Waals surface area (Å²) in [5.41, 5.74) is 2.74. The number of thioether (sulfide) groups is 1. The van der Waals surface area contributed by atoms with Gasteiger partial charge in [-0.25, -0.2) is 0 Å². The first-order valence-corrected chi connectivity index (χ1v) is 11.2. The van der Waals surface area contributed by atoms with E-state index in [1.165, 1.54) is 11.8 Å². The van der Waals surface area contributed by atoms with E-state index in [4.69, 9.17) is 21.1 Å². The molecule has 0 saturated heterocycles. The highest BCUT2D eigenvalue weighted by Crippen LogP contribution is 2.29. The molecule has 1 aromatic heterocycles. The Hall–Kier alpha value is -2.71. The summed E-state index contributed by atoms with van der Waals surface area (Å²) in [6, 6.07) is 11.2. The zero-order valence-corrected chi connectivity index (χ0v) is 19.5. The Labute approximate surface area is 191 Å². The Balaban J connectivity index is 1.62. The highest BCUT2D eigenvalue weighted by molar-refractivity contribution is 7.99. The van der Waals surface area contributed by atoms with Crippen molar-refractivity contribution in [1.82, 2.24) is 14.8 Å². The lowest BCUT2D eigenvalue weighted by molar-refractivity contribution is -0.113. The van der Waals surface area contributed by atoms with E-state index in [0.717, 1.165) is 11.1 Å². The van der Waals surface area contributed by atoms with E-state index in [1.807, 2.05) is 49.6 Å². The van der Waals surface area contributed by atoms with E-state index < -0.39 is 0 Å². The number of ether oxygens (including phenoxy) is 2. The Morgan fingerprint density at radius 1 is 1.16 bits per heavy atom. The molecular formula is C22H25ClN4O3S. The minimum atomic E-state index is -0.136. The minimum absolute atomic E-state index is 0.136. The molecule has 9 heteroatoms. The van der Waals surface area contributed by atoms with E-state index in [0.29, 0.717) is 39.7 Å². The van der Waals surface area contributed by atoms with Gasteiger partial charge in [-0.05, 0) is 56.2 Å². The first-order chi connectivity index (χ1) is 14.9. The average Bonchev–Trinajstić information content (AvgIpc) is 3.15. The summed E-state index contributed by atoms with van der Waals surface area (Å²) >= 11 is 7.34. The van der Waals surface area contributed by atoms with Crippen LogP contribution in [0.15, 0.2) is 41.6 Å². The van der Waals surface area contributed by atoms with Crippen LogP contribution in [0.1, 0.15) is 23.9 Å². The molecule has 31 heavy (non-hydrogen) atoms. The fraction of sp³-hybridized carbons (Fsp3) is 0.318. The lowest BCUT2D eigenvalue weighted by Crippen LogP contribution is -2.15. The minimum Gasteiger partial charge on any atom is -0.493 e. The predicted octanol–water partition coefficient (Wildman–Crippen LogP) is 4.89. The van der Waals surface area contributed by atoms with E-state index in [9.17, 15) is 4.79 Å². The predicted molar refractivity (Wildman–Crippen MR) is 123 cm³/mol. The Bertz CT molecular complexity index is 1070. The van der Waals surface area contributed by atoms with Gasteiger partial charge >= 0.3 is 0 Å². The zero-order valence-electron chi connectivity index (χ0n) is 17.9. The van der Waals surface area contributed by atoms with E-state index in [2.05, 4.69) is 15.5 Å². The molecule has 0 aliphatic rings. The fourth-order valence-corrected chi connectivity index (χ4v) is 3.93. The second kappa shape index (κ2) is 10.5. The molecule has 3 rings (SSSR count). The third-order valence-corrected chi connectivity index (χ3v) is 5.79. The molecule has 7 nitrogen and oxygen atoms in total. The number of rotatable bonds is 9. The largest absolute Gasteiger partial charge is 0.493 e. The number of nitrogens with zero attached hydrogens (tertiary/aromatic N) is 3. The number of amides is 1. The molecule has 3 aromatic rings. The molecule has 2 aromatic carbocycles. The van der Waals surface area contributed by atoms with Crippen molar-refractivity contribution in [2.24, 2.45) is 0 Å². The Morgan fingerprint density at radius 3 is 2.71 bits per heavy atom. The van der Waals surface area contributed by atoms with Crippen LogP contribution in [0.2, 0.25) is 5.02 Å². The number of nitrogens with one attached hydrogen (secondary N) is 1. The topological polar surface area (TPSA) is 78.3 Å². The smallest absolute Gasteiger partial charge is 0.234 e. The Morgan fingerprint density at radius 2 is 1.97 bits per heavy atom. The van der Waals surface area contributed by atoms with Crippen molar-refractivity contribution in [2.45, 2.75) is 39.1 Å². The number of aryl methyl sites for hydroxylation is 2. The van der Waals surface area contributed by atoms with Crippen molar-refractivity contribution in [3.63, 3.8) is 0 Å². The van der Waals surface area contributed by atoms with Gasteiger partial charge in [0.05, 0.1) is 12.9 Å². The first kappa shape index (κ1) is 23.0. The summed E-state index contributed by atoms with van der Waals surface area (Å²) in [6.45, 7) is 6.82. The van der Waals surface area contributed by atoms with Crippen LogP contribution in [0.3, 0.4) is 0 Å². The third-order valence-electron chi connectivity index (χ3n) is 4.59. The highest BCUT2D eigenvalue weighted by Gasteiger charge is 2.15. The van der Waals surface area contributed by atoms with Crippen LogP contribution in [0.25, 0.3) is 0 Å². The van der Waals surface area contributed by atoms with Gasteiger partial charge in [0.2, 0.25) is 5.91 Å². The number of carbonyl (C=O) groups excluding carboxylic acids is 1. The number of aromatic nitrogens is 3. The van der Waals surface area contributed by atoms with Gasteiger partial charge in [-0.3, -0.25) is 4.79 Å². The van der Waals surface area contributed by atoms with Gasteiger partial charge in [0.25, 0.3) is 0 Å². The van der Waals surface area contributed by atoms with Crippen LogP contribution in [0.4, 0.5) is 5.69 Å². The summed E-state index contributed by atoms with van der Waals surface area (Å²) < 4.78 is 13.2. The van der Waals surface area contributed by atoms with Gasteiger partial charge in [-0.2, -0.15) is 0 Å². The maximum absolute atomic E-state index is 12.4. The van der Waals surface area contributed by atoms with Gasteiger partial charge in [0.15, 0.2) is 22.5 Å². The van der Waals surface area contributed by atoms with Crippen LogP contribution in [-0.4, -0.2) is 33.5 Å². The molecule has 0 spiro atoms. The van der Waals surface area contributed by atoms with Crippen LogP contribution in [0, 0.1) is 13.8 Å². The molecule has 0 bridgehead atoms. The summed E-state index contributed by atoms with van der Waals surface area (Å²) in [6.07, 6.45) is 0. The molecule has 1 N–H and O–H groups in total. The number of anilines is 1. The molecule has 0 saturated carbocycles. The average molecular weight is 461 g/mol. The van der Waals surface area contributed by atoms with E-state index in [1.54, 1.807) is 19.2 Å². The molecule has 0 unspecified atom stereocenters. The number of hydrogen-bond donors (Lipinski definition) is 1. The molecule has 0 aliphatic carbocycles. The lowest BCUT2D eigenvalue weighted by Gasteiger charge is -2.12. The molecular weight excluding hydrogens is 436 g/mol. The van der Waals surface area contributed by atoms with Gasteiger partial charge in [0, 0.05) is 17.3 Å². The number of benzene rings is 2. The normalized spacial score (nSPS) is 10.7. The highest BCUT2D eigenvalue weighted by atomic mass is 35.5. The van der Waals surface area contributed by atoms with Crippen molar-refractivity contribution < 1.29 is 14.3 Å². The van der Waals surface area contributed by atoms with Crippen molar-refractivity contribution in [1.29, 1.82) is 0 Å². The third kappa shape index (κ3) is 5.92. The number of hydrogen-bond acceptors (Lipinski definition) is 6. The SMILES string of the molecule is CCn1c(COc2ccc(C)cc2OC)nnc1SCC(=O)Nc1cc(Cl)ccc1C. The number of halogens is 1. The van der Waals surface area contributed by atoms with Gasteiger partial charge in [-0.15, -0.1) is 10.2 Å². The number of methoxy groups -OCH3 is 1. The van der Waals surface area contributed by atoms with Crippen molar-refractivity contribution in [3.8, 4) is 11.5 Å². The number of carbonyl (C=O) groups is 1. The van der Waals surface area contributed by atoms with E-state index >= 15 is 0 Å². The second-order valence-electron chi connectivity index (χ2n) is 6.88. The Kier molecular flexibility index (Phi) is 7.81.